The minimum atomic E-state index is -1.27. The lowest BCUT2D eigenvalue weighted by molar-refractivity contribution is -0.150. The number of hydrogen-bond donors (Lipinski definition) is 3. The Hall–Kier alpha value is -3.85. The van der Waals surface area contributed by atoms with Gasteiger partial charge in [0.2, 0.25) is 0 Å². The Morgan fingerprint density at radius 2 is 2.21 bits per heavy atom. The molecular formula is C19H18N6O7S2. The number of nitrogens with two attached hydrogens (primary N) is 1. The summed E-state index contributed by atoms with van der Waals surface area (Å²) in [7, 11) is 2.71. The van der Waals surface area contributed by atoms with E-state index in [-0.39, 0.29) is 33.9 Å². The first-order valence-corrected chi connectivity index (χ1v) is 11.5. The Morgan fingerprint density at radius 3 is 2.82 bits per heavy atom. The van der Waals surface area contributed by atoms with Crippen molar-refractivity contribution in [3.8, 4) is 5.88 Å². The number of carboxylic acids is 1. The molecule has 15 heteroatoms. The fourth-order valence-electron chi connectivity index (χ4n) is 3.30. The molecule has 2 amide bonds. The number of oxime groups is 1. The highest BCUT2D eigenvalue weighted by atomic mass is 32.2. The number of amides is 2. The highest BCUT2D eigenvalue weighted by Gasteiger charge is 2.54. The summed E-state index contributed by atoms with van der Waals surface area (Å²) in [6.07, 6.45) is 3.08. The number of aromatic nitrogens is 2. The van der Waals surface area contributed by atoms with E-state index in [2.05, 4.69) is 20.6 Å². The van der Waals surface area contributed by atoms with Crippen LogP contribution >= 0.6 is 23.1 Å². The topological polar surface area (TPSA) is 182 Å². The van der Waals surface area contributed by atoms with Crippen LogP contribution < -0.4 is 15.8 Å². The largest absolute Gasteiger partial charge is 0.479 e. The van der Waals surface area contributed by atoms with Gasteiger partial charge in [0.05, 0.1) is 7.11 Å². The van der Waals surface area contributed by atoms with Gasteiger partial charge in [-0.05, 0) is 16.8 Å². The molecule has 4 rings (SSSR count). The summed E-state index contributed by atoms with van der Waals surface area (Å²) in [6, 6.07) is 0.583. The Labute approximate surface area is 200 Å². The highest BCUT2D eigenvalue weighted by molar-refractivity contribution is 8.00. The number of β-lactam (4-membered cyclic amide) rings is 1. The third-order valence-corrected chi connectivity index (χ3v) is 6.79. The van der Waals surface area contributed by atoms with Crippen molar-refractivity contribution in [1.29, 1.82) is 0 Å². The summed E-state index contributed by atoms with van der Waals surface area (Å²) in [5, 5.41) is 20.9. The van der Waals surface area contributed by atoms with Crippen molar-refractivity contribution in [2.24, 2.45) is 5.16 Å². The first-order valence-electron chi connectivity index (χ1n) is 9.57. The number of hydrogen-bond acceptors (Lipinski definition) is 12. The van der Waals surface area contributed by atoms with Crippen molar-refractivity contribution in [2.45, 2.75) is 11.4 Å². The van der Waals surface area contributed by atoms with Gasteiger partial charge in [-0.1, -0.05) is 11.2 Å². The summed E-state index contributed by atoms with van der Waals surface area (Å²) in [5.41, 5.74) is 5.91. The number of allylic oxidation sites excluding steroid dienone is 1. The van der Waals surface area contributed by atoms with E-state index in [1.165, 1.54) is 43.5 Å². The fraction of sp³-hybridized carbons (Fsp3) is 0.263. The second-order valence-electron chi connectivity index (χ2n) is 6.84. The molecule has 2 aliphatic rings. The molecule has 2 unspecified atom stereocenters. The number of methoxy groups -OCH3 is 1. The number of rotatable bonds is 8. The SMILES string of the molecule is CO/N=C(\C(=O)NC1C(=O)N2C(C(=O)O)=C(/C=C/c3cc(OC)no3)CSC12)c1csc(N)n1. The number of carboxylic acid groups (broad SMARTS) is 1. The van der Waals surface area contributed by atoms with Crippen LogP contribution in [0, 0.1) is 0 Å². The van der Waals surface area contributed by atoms with Crippen LogP contribution in [0.2, 0.25) is 0 Å². The number of ether oxygens (including phenoxy) is 1. The molecule has 0 spiro atoms. The molecule has 0 radical (unpaired) electrons. The normalized spacial score (nSPS) is 20.2. The van der Waals surface area contributed by atoms with E-state index in [1.807, 2.05) is 0 Å². The van der Waals surface area contributed by atoms with Crippen LogP contribution in [0.1, 0.15) is 11.5 Å². The molecule has 4 heterocycles. The average Bonchev–Trinajstić information content (AvgIpc) is 3.47. The summed E-state index contributed by atoms with van der Waals surface area (Å²) in [6.45, 7) is 0. The van der Waals surface area contributed by atoms with Crippen LogP contribution in [0.15, 0.2) is 38.5 Å². The standard InChI is InChI=1S/C19H18N6O7S2/c1-30-11-5-9(32-23-11)4-3-8-6-33-17-13(16(27)25(17)14(8)18(28)29)22-15(26)12(24-31-2)10-7-34-19(20)21-10/h3-5,7,13,17H,6H2,1-2H3,(H2,20,21)(H,22,26)(H,28,29)/b4-3+,24-12-. The third kappa shape index (κ3) is 4.34. The molecule has 2 aromatic rings. The van der Waals surface area contributed by atoms with Crippen molar-refractivity contribution in [3.05, 3.63) is 40.2 Å². The summed E-state index contributed by atoms with van der Waals surface area (Å²) < 4.78 is 10.0. The van der Waals surface area contributed by atoms with Gasteiger partial charge in [-0.15, -0.1) is 23.1 Å². The summed E-state index contributed by atoms with van der Waals surface area (Å²) in [5.74, 6) is -1.61. The summed E-state index contributed by atoms with van der Waals surface area (Å²) >= 11 is 2.43. The number of anilines is 1. The first-order chi connectivity index (χ1) is 16.3. The van der Waals surface area contributed by atoms with Crippen molar-refractivity contribution < 1.29 is 33.6 Å². The van der Waals surface area contributed by atoms with Crippen LogP contribution in [-0.4, -0.2) is 75.0 Å². The molecule has 2 aliphatic heterocycles. The first kappa shape index (κ1) is 23.3. The van der Waals surface area contributed by atoms with Crippen LogP contribution in [-0.2, 0) is 19.2 Å². The van der Waals surface area contributed by atoms with Gasteiger partial charge in [0, 0.05) is 17.2 Å². The highest BCUT2D eigenvalue weighted by Crippen LogP contribution is 2.40. The van der Waals surface area contributed by atoms with Crippen LogP contribution in [0.4, 0.5) is 5.13 Å². The lowest BCUT2D eigenvalue weighted by atomic mass is 10.0. The lowest BCUT2D eigenvalue weighted by Crippen LogP contribution is -2.71. The molecule has 2 aromatic heterocycles. The van der Waals surface area contributed by atoms with Gasteiger partial charge in [-0.2, -0.15) is 0 Å². The Kier molecular flexibility index (Phi) is 6.56. The van der Waals surface area contributed by atoms with Gasteiger partial charge in [0.25, 0.3) is 17.7 Å². The molecule has 1 saturated heterocycles. The predicted octanol–water partition coefficient (Wildman–Crippen LogP) is 0.524. The second kappa shape index (κ2) is 9.56. The molecule has 178 valence electrons. The van der Waals surface area contributed by atoms with Crippen molar-refractivity contribution in [2.75, 3.05) is 25.7 Å². The molecule has 0 saturated carbocycles. The van der Waals surface area contributed by atoms with Crippen molar-refractivity contribution >= 4 is 57.8 Å². The minimum Gasteiger partial charge on any atom is -0.479 e. The Bertz CT molecular complexity index is 1230. The number of thioether (sulfide) groups is 1. The molecule has 13 nitrogen and oxygen atoms in total. The van der Waals surface area contributed by atoms with E-state index in [9.17, 15) is 19.5 Å². The van der Waals surface area contributed by atoms with Gasteiger partial charge >= 0.3 is 5.97 Å². The number of nitrogen functional groups attached to an aromatic ring is 1. The number of fused-ring (bicyclic) bond motifs is 1. The van der Waals surface area contributed by atoms with E-state index < -0.39 is 29.2 Å². The second-order valence-corrected chi connectivity index (χ2v) is 8.83. The maximum atomic E-state index is 12.9. The zero-order chi connectivity index (χ0) is 24.4. The molecule has 0 aliphatic carbocycles. The maximum absolute atomic E-state index is 12.9. The van der Waals surface area contributed by atoms with Gasteiger partial charge in [0.1, 0.15) is 29.9 Å². The Balaban J connectivity index is 1.52. The minimum absolute atomic E-state index is 0.150. The third-order valence-electron chi connectivity index (χ3n) is 4.81. The number of aliphatic carboxylic acids is 1. The van der Waals surface area contributed by atoms with E-state index in [4.69, 9.17) is 19.8 Å². The monoisotopic (exact) mass is 506 g/mol. The quantitative estimate of drug-likeness (QED) is 0.258. The maximum Gasteiger partial charge on any atom is 0.352 e. The molecule has 0 aromatic carbocycles. The number of thiazole rings is 1. The van der Waals surface area contributed by atoms with Gasteiger partial charge in [-0.25, -0.2) is 9.78 Å². The lowest BCUT2D eigenvalue weighted by Gasteiger charge is -2.49. The Morgan fingerprint density at radius 1 is 1.41 bits per heavy atom. The van der Waals surface area contributed by atoms with E-state index in [0.717, 1.165) is 16.2 Å². The average molecular weight is 507 g/mol. The number of carbonyl (C=O) groups is 3. The van der Waals surface area contributed by atoms with Gasteiger partial charge < -0.3 is 30.3 Å². The fourth-order valence-corrected chi connectivity index (χ4v) is 5.17. The predicted molar refractivity (Wildman–Crippen MR) is 122 cm³/mol. The van der Waals surface area contributed by atoms with Crippen LogP contribution in [0.25, 0.3) is 6.08 Å². The smallest absolute Gasteiger partial charge is 0.352 e. The molecule has 4 N–H and O–H groups in total. The summed E-state index contributed by atoms with van der Waals surface area (Å²) in [4.78, 5) is 47.5. The molecule has 0 bridgehead atoms. The zero-order valence-electron chi connectivity index (χ0n) is 17.8. The van der Waals surface area contributed by atoms with Crippen LogP contribution in [0.5, 0.6) is 5.88 Å². The van der Waals surface area contributed by atoms with E-state index in [0.29, 0.717) is 11.3 Å². The van der Waals surface area contributed by atoms with Crippen LogP contribution in [0.3, 0.4) is 0 Å². The van der Waals surface area contributed by atoms with Crippen molar-refractivity contribution in [1.82, 2.24) is 20.4 Å². The molecule has 2 atom stereocenters. The number of nitrogens with zero attached hydrogens (tertiary/aromatic N) is 4. The molecule has 1 fully saturated rings. The molecule has 34 heavy (non-hydrogen) atoms. The molecular weight excluding hydrogens is 488 g/mol. The zero-order valence-corrected chi connectivity index (χ0v) is 19.4. The number of nitrogens with one attached hydrogen (secondary N) is 1. The van der Waals surface area contributed by atoms with E-state index in [1.54, 1.807) is 6.08 Å². The van der Waals surface area contributed by atoms with Gasteiger partial charge in [-0.3, -0.25) is 14.5 Å². The van der Waals surface area contributed by atoms with Gasteiger partial charge in [0.15, 0.2) is 16.6 Å². The van der Waals surface area contributed by atoms with Crippen molar-refractivity contribution in [3.63, 3.8) is 0 Å². The number of carbonyl (C=O) groups excluding carboxylic acids is 2. The van der Waals surface area contributed by atoms with E-state index >= 15 is 0 Å².